The molecule has 5 heteroatoms. The number of nitriles is 1. The number of hydrogen-bond acceptors (Lipinski definition) is 5. The van der Waals surface area contributed by atoms with E-state index in [0.29, 0.717) is 6.42 Å². The zero-order chi connectivity index (χ0) is 26.5. The lowest BCUT2D eigenvalue weighted by molar-refractivity contribution is -0.223. The third-order valence-corrected chi connectivity index (χ3v) is 12.7. The van der Waals surface area contributed by atoms with E-state index in [4.69, 9.17) is 4.74 Å². The van der Waals surface area contributed by atoms with Gasteiger partial charge in [-0.15, -0.1) is 0 Å². The van der Waals surface area contributed by atoms with E-state index in [1.165, 1.54) is 7.11 Å². The Bertz CT molecular complexity index is 1100. The van der Waals surface area contributed by atoms with Crippen LogP contribution in [-0.2, 0) is 19.1 Å². The molecule has 0 aromatic rings. The summed E-state index contributed by atoms with van der Waals surface area (Å²) in [4.78, 5) is 40.6. The number of hydrogen-bond donors (Lipinski definition) is 0. The van der Waals surface area contributed by atoms with E-state index in [9.17, 15) is 19.6 Å². The summed E-state index contributed by atoms with van der Waals surface area (Å²) in [6, 6.07) is 2.17. The van der Waals surface area contributed by atoms with E-state index in [1.54, 1.807) is 0 Å². The first-order valence-electron chi connectivity index (χ1n) is 14.0. The lowest BCUT2D eigenvalue weighted by atomic mass is 9.32. The van der Waals surface area contributed by atoms with Gasteiger partial charge in [-0.1, -0.05) is 47.6 Å². The van der Waals surface area contributed by atoms with Crippen molar-refractivity contribution in [3.63, 3.8) is 0 Å². The number of ketones is 2. The largest absolute Gasteiger partial charge is 0.469 e. The van der Waals surface area contributed by atoms with Crippen molar-refractivity contribution in [2.24, 2.45) is 56.7 Å². The molecule has 36 heavy (non-hydrogen) atoms. The highest BCUT2D eigenvalue weighted by molar-refractivity contribution is 6.01. The number of rotatable bonds is 1. The minimum atomic E-state index is -0.561. The van der Waals surface area contributed by atoms with Crippen LogP contribution in [0.3, 0.4) is 0 Å². The highest BCUT2D eigenvalue weighted by atomic mass is 16.5. The van der Waals surface area contributed by atoms with E-state index < -0.39 is 5.41 Å². The fourth-order valence-corrected chi connectivity index (χ4v) is 10.5. The van der Waals surface area contributed by atoms with Crippen molar-refractivity contribution >= 4 is 17.5 Å². The quantitative estimate of drug-likeness (QED) is 0.414. The van der Waals surface area contributed by atoms with Crippen molar-refractivity contribution in [1.82, 2.24) is 0 Å². The van der Waals surface area contributed by atoms with Crippen LogP contribution in [0.5, 0.6) is 0 Å². The maximum Gasteiger partial charge on any atom is 0.312 e. The molecule has 196 valence electrons. The van der Waals surface area contributed by atoms with Crippen LogP contribution in [0, 0.1) is 68.0 Å². The molecule has 5 rings (SSSR count). The predicted molar refractivity (Wildman–Crippen MR) is 136 cm³/mol. The molecule has 4 saturated carbocycles. The molecule has 5 nitrogen and oxygen atoms in total. The first-order chi connectivity index (χ1) is 16.7. The molecule has 0 radical (unpaired) electrons. The van der Waals surface area contributed by atoms with Gasteiger partial charge < -0.3 is 4.74 Å². The van der Waals surface area contributed by atoms with Crippen molar-refractivity contribution in [3.8, 4) is 6.07 Å². The highest BCUT2D eigenvalue weighted by Crippen LogP contribution is 2.75. The molecule has 0 amide bonds. The van der Waals surface area contributed by atoms with Crippen LogP contribution in [0.25, 0.3) is 0 Å². The maximum atomic E-state index is 14.4. The number of allylic oxidation sites excluding steroid dienone is 2. The number of methoxy groups -OCH3 is 1. The normalized spacial score (nSPS) is 49.4. The van der Waals surface area contributed by atoms with Crippen LogP contribution in [0.1, 0.15) is 92.9 Å². The van der Waals surface area contributed by atoms with Gasteiger partial charge in [0.1, 0.15) is 11.9 Å². The fraction of sp³-hybridized carbons (Fsp3) is 0.806. The monoisotopic (exact) mass is 493 g/mol. The van der Waals surface area contributed by atoms with Gasteiger partial charge in [-0.25, -0.2) is 0 Å². The summed E-state index contributed by atoms with van der Waals surface area (Å²) < 4.78 is 5.41. The summed E-state index contributed by atoms with van der Waals surface area (Å²) in [5.41, 5.74) is -0.912. The molecule has 5 aliphatic carbocycles. The summed E-state index contributed by atoms with van der Waals surface area (Å²) in [5.74, 6) is -0.0000937. The molecule has 9 atom stereocenters. The maximum absolute atomic E-state index is 14.4. The van der Waals surface area contributed by atoms with E-state index in [2.05, 4.69) is 40.7 Å². The molecule has 5 aliphatic rings. The van der Waals surface area contributed by atoms with Gasteiger partial charge in [0, 0.05) is 18.3 Å². The second kappa shape index (κ2) is 7.78. The number of fused-ring (bicyclic) bond motifs is 7. The van der Waals surface area contributed by atoms with Crippen molar-refractivity contribution in [2.75, 3.05) is 7.11 Å². The molecule has 0 heterocycles. The van der Waals surface area contributed by atoms with E-state index >= 15 is 0 Å². The molecule has 0 aliphatic heterocycles. The summed E-state index contributed by atoms with van der Waals surface area (Å²) in [7, 11) is 1.49. The Hall–Kier alpha value is -1.96. The fourth-order valence-electron chi connectivity index (χ4n) is 10.5. The van der Waals surface area contributed by atoms with E-state index in [-0.39, 0.29) is 74.4 Å². The molecular weight excluding hydrogens is 450 g/mol. The van der Waals surface area contributed by atoms with E-state index in [0.717, 1.165) is 44.9 Å². The minimum Gasteiger partial charge on any atom is -0.469 e. The van der Waals surface area contributed by atoms with Crippen LogP contribution in [0.4, 0.5) is 0 Å². The van der Waals surface area contributed by atoms with Gasteiger partial charge in [0.2, 0.25) is 0 Å². The Balaban J connectivity index is 1.63. The second-order valence-electron chi connectivity index (χ2n) is 14.5. The van der Waals surface area contributed by atoms with Gasteiger partial charge in [0.05, 0.1) is 18.1 Å². The van der Waals surface area contributed by atoms with Crippen molar-refractivity contribution in [3.05, 3.63) is 11.6 Å². The number of ether oxygens (including phenoxy) is 1. The van der Waals surface area contributed by atoms with Gasteiger partial charge in [0.15, 0.2) is 5.78 Å². The molecule has 0 aromatic heterocycles. The second-order valence-corrected chi connectivity index (χ2v) is 14.5. The summed E-state index contributed by atoms with van der Waals surface area (Å²) in [6.45, 7) is 13.5. The van der Waals surface area contributed by atoms with Crippen molar-refractivity contribution < 1.29 is 19.1 Å². The Kier molecular flexibility index (Phi) is 5.55. The number of nitrogens with zero attached hydrogens (tertiary/aromatic N) is 1. The molecule has 0 N–H and O–H groups in total. The average Bonchev–Trinajstić information content (AvgIpc) is 2.82. The van der Waals surface area contributed by atoms with Gasteiger partial charge in [-0.2, -0.15) is 5.26 Å². The SMILES string of the molecule is COC(=O)[C@]12CCC(C)(C)CC1C1C(=O)C[C@@H]3[C@@]4(C)C=C(C#N)C(=O)[C@@H](C)[C@@H]4CC[C@@]3(C)[C@]1(C)CC2. The Morgan fingerprint density at radius 1 is 1.00 bits per heavy atom. The molecule has 2 unspecified atom stereocenters. The third-order valence-electron chi connectivity index (χ3n) is 12.7. The summed E-state index contributed by atoms with van der Waals surface area (Å²) in [6.07, 6.45) is 8.59. The molecule has 0 spiro atoms. The molecule has 0 aromatic carbocycles. The zero-order valence-electron chi connectivity index (χ0n) is 23.2. The van der Waals surface area contributed by atoms with Gasteiger partial charge in [-0.05, 0) is 84.4 Å². The smallest absolute Gasteiger partial charge is 0.312 e. The van der Waals surface area contributed by atoms with Crippen LogP contribution >= 0.6 is 0 Å². The van der Waals surface area contributed by atoms with E-state index in [1.807, 2.05) is 13.0 Å². The Morgan fingerprint density at radius 3 is 2.31 bits per heavy atom. The first kappa shape index (κ1) is 25.7. The average molecular weight is 494 g/mol. The van der Waals surface area contributed by atoms with Crippen molar-refractivity contribution in [1.29, 1.82) is 5.26 Å². The lowest BCUT2D eigenvalue weighted by Gasteiger charge is -2.71. The number of carbonyl (C=O) groups is 3. The Labute approximate surface area is 216 Å². The predicted octanol–water partition coefficient (Wildman–Crippen LogP) is 6.07. The number of carbonyl (C=O) groups excluding carboxylic acids is 3. The standard InChI is InChI=1S/C31H43NO4/c1-18-20-8-9-29(5)23(28(20,4)15-19(17-32)25(18)34)14-22(33)24-21-16-27(2,3)10-12-31(21,26(35)36-7)13-11-30(24,29)6/h15,18,20-21,23-24H,8-14,16H2,1-7H3/t18-,20-,21?,23+,24?,28-,29+,30+,31-/m0/s1. The Morgan fingerprint density at radius 2 is 1.67 bits per heavy atom. The van der Waals surface area contributed by atoms with Crippen molar-refractivity contribution in [2.45, 2.75) is 92.9 Å². The lowest BCUT2D eigenvalue weighted by Crippen LogP contribution is -2.68. The van der Waals surface area contributed by atoms with Gasteiger partial charge >= 0.3 is 5.97 Å². The van der Waals surface area contributed by atoms with Crippen LogP contribution in [-0.4, -0.2) is 24.6 Å². The summed E-state index contributed by atoms with van der Waals surface area (Å²) >= 11 is 0. The minimum absolute atomic E-state index is 0.000299. The topological polar surface area (TPSA) is 84.2 Å². The highest BCUT2D eigenvalue weighted by Gasteiger charge is 2.72. The summed E-state index contributed by atoms with van der Waals surface area (Å²) in [5, 5.41) is 9.77. The third kappa shape index (κ3) is 3.02. The van der Waals surface area contributed by atoms with Gasteiger partial charge in [0.25, 0.3) is 0 Å². The molecular formula is C31H43NO4. The number of Topliss-reactive ketones (excluding diaryl/α,β-unsaturated/α-hetero) is 2. The molecule has 0 saturated heterocycles. The van der Waals surface area contributed by atoms with Crippen LogP contribution in [0.2, 0.25) is 0 Å². The molecule has 4 fully saturated rings. The van der Waals surface area contributed by atoms with Crippen LogP contribution in [0.15, 0.2) is 11.6 Å². The van der Waals surface area contributed by atoms with Gasteiger partial charge in [-0.3, -0.25) is 14.4 Å². The van der Waals surface area contributed by atoms with Crippen LogP contribution < -0.4 is 0 Å². The molecule has 0 bridgehead atoms. The number of esters is 1. The first-order valence-corrected chi connectivity index (χ1v) is 14.0. The zero-order valence-corrected chi connectivity index (χ0v) is 23.2.